The van der Waals surface area contributed by atoms with Crippen LogP contribution in [0, 0.1) is 11.6 Å². The summed E-state index contributed by atoms with van der Waals surface area (Å²) in [5.41, 5.74) is 0. The molecule has 0 unspecified atom stereocenters. The first-order valence-electron chi connectivity index (χ1n) is 7.43. The summed E-state index contributed by atoms with van der Waals surface area (Å²) in [6.07, 6.45) is 0. The zero-order valence-electron chi connectivity index (χ0n) is 13.5. The van der Waals surface area contributed by atoms with Crippen molar-refractivity contribution in [3.8, 4) is 0 Å². The van der Waals surface area contributed by atoms with Gasteiger partial charge in [0.1, 0.15) is 0 Å². The normalized spacial score (nSPS) is 16.4. The number of halogens is 2. The van der Waals surface area contributed by atoms with Gasteiger partial charge in [0.25, 0.3) is 0 Å². The Morgan fingerprint density at radius 2 is 1.76 bits per heavy atom. The van der Waals surface area contributed by atoms with Crippen molar-refractivity contribution in [3.63, 3.8) is 0 Å². The molecule has 1 aromatic rings. The lowest BCUT2D eigenvalue weighted by Gasteiger charge is -2.33. The van der Waals surface area contributed by atoms with Crippen molar-refractivity contribution in [1.29, 1.82) is 0 Å². The Balaban J connectivity index is 1.95. The summed E-state index contributed by atoms with van der Waals surface area (Å²) in [6.45, 7) is 0.670. The summed E-state index contributed by atoms with van der Waals surface area (Å²) in [5.74, 6) is -2.85. The first kappa shape index (κ1) is 19.2. The lowest BCUT2D eigenvalue weighted by atomic mass is 10.3. The van der Waals surface area contributed by atoms with Crippen LogP contribution in [0.4, 0.5) is 13.6 Å². The monoisotopic (exact) mass is 376 g/mol. The molecule has 0 saturated carbocycles. The number of carbonyl (C=O) groups is 2. The lowest BCUT2D eigenvalue weighted by molar-refractivity contribution is -0.121. The van der Waals surface area contributed by atoms with Crippen LogP contribution in [0.1, 0.15) is 0 Å². The van der Waals surface area contributed by atoms with Gasteiger partial charge in [-0.25, -0.2) is 22.0 Å². The molecule has 1 aromatic carbocycles. The molecule has 1 saturated heterocycles. The average Bonchev–Trinajstić information content (AvgIpc) is 2.57. The van der Waals surface area contributed by atoms with E-state index in [1.807, 2.05) is 0 Å². The second-order valence-electron chi connectivity index (χ2n) is 5.38. The van der Waals surface area contributed by atoms with Crippen molar-refractivity contribution >= 4 is 22.0 Å². The van der Waals surface area contributed by atoms with Gasteiger partial charge in [0.15, 0.2) is 11.6 Å². The maximum atomic E-state index is 13.3. The summed E-state index contributed by atoms with van der Waals surface area (Å²) >= 11 is 0. The van der Waals surface area contributed by atoms with E-state index in [0.717, 1.165) is 16.4 Å². The molecule has 1 fully saturated rings. The standard InChI is InChI=1S/C14H18F2N4O4S/c1-17-14(22)18-13(21)9-19-4-6-20(7-5-19)25(23,24)10-2-3-11(15)12(16)8-10/h2-3,8H,4-7,9H2,1H3,(H2,17,18,21,22). The van der Waals surface area contributed by atoms with E-state index in [4.69, 9.17) is 0 Å². The van der Waals surface area contributed by atoms with E-state index in [2.05, 4.69) is 10.6 Å². The lowest BCUT2D eigenvalue weighted by Crippen LogP contribution is -2.52. The highest BCUT2D eigenvalue weighted by Crippen LogP contribution is 2.19. The van der Waals surface area contributed by atoms with Gasteiger partial charge in [-0.15, -0.1) is 0 Å². The number of carbonyl (C=O) groups excluding carboxylic acids is 2. The second kappa shape index (κ2) is 7.85. The Labute approximate surface area is 143 Å². The summed E-state index contributed by atoms with van der Waals surface area (Å²) in [7, 11) is -2.56. The second-order valence-corrected chi connectivity index (χ2v) is 7.32. The van der Waals surface area contributed by atoms with E-state index in [-0.39, 0.29) is 37.6 Å². The molecule has 0 atom stereocenters. The molecule has 8 nitrogen and oxygen atoms in total. The number of sulfonamides is 1. The Hall–Kier alpha value is -2.11. The van der Waals surface area contributed by atoms with E-state index in [9.17, 15) is 26.8 Å². The first-order chi connectivity index (χ1) is 11.7. The van der Waals surface area contributed by atoms with Crippen molar-refractivity contribution in [2.45, 2.75) is 4.90 Å². The van der Waals surface area contributed by atoms with Crippen LogP contribution in [0.2, 0.25) is 0 Å². The fraction of sp³-hybridized carbons (Fsp3) is 0.429. The summed E-state index contributed by atoms with van der Waals surface area (Å²) in [4.78, 5) is 24.0. The largest absolute Gasteiger partial charge is 0.341 e. The third kappa shape index (κ3) is 4.71. The molecule has 1 aliphatic rings. The maximum Gasteiger partial charge on any atom is 0.321 e. The van der Waals surface area contributed by atoms with Crippen molar-refractivity contribution in [2.75, 3.05) is 39.8 Å². The van der Waals surface area contributed by atoms with Crippen LogP contribution in [0.25, 0.3) is 0 Å². The molecule has 1 aliphatic heterocycles. The predicted octanol–water partition coefficient (Wildman–Crippen LogP) is -0.273. The highest BCUT2D eigenvalue weighted by atomic mass is 32.2. The zero-order valence-corrected chi connectivity index (χ0v) is 14.3. The summed E-state index contributed by atoms with van der Waals surface area (Å²) < 4.78 is 52.3. The molecule has 3 amide bonds. The quantitative estimate of drug-likeness (QED) is 0.754. The molecule has 2 rings (SSSR count). The van der Waals surface area contributed by atoms with Crippen LogP contribution in [-0.4, -0.2) is 69.3 Å². The number of hydrogen-bond donors (Lipinski definition) is 2. The van der Waals surface area contributed by atoms with E-state index in [1.54, 1.807) is 4.90 Å². The first-order valence-corrected chi connectivity index (χ1v) is 8.87. The topological polar surface area (TPSA) is 98.8 Å². The average molecular weight is 376 g/mol. The SMILES string of the molecule is CNC(=O)NC(=O)CN1CCN(S(=O)(=O)c2ccc(F)c(F)c2)CC1. The van der Waals surface area contributed by atoms with E-state index < -0.39 is 33.6 Å². The van der Waals surface area contributed by atoms with Gasteiger partial charge in [-0.2, -0.15) is 4.31 Å². The van der Waals surface area contributed by atoms with Gasteiger partial charge >= 0.3 is 6.03 Å². The molecular formula is C14H18F2N4O4S. The molecule has 2 N–H and O–H groups in total. The fourth-order valence-corrected chi connectivity index (χ4v) is 3.78. The maximum absolute atomic E-state index is 13.3. The minimum atomic E-state index is -3.94. The van der Waals surface area contributed by atoms with Gasteiger partial charge in [0, 0.05) is 33.2 Å². The highest BCUT2D eigenvalue weighted by Gasteiger charge is 2.29. The molecule has 0 spiro atoms. The van der Waals surface area contributed by atoms with E-state index in [0.29, 0.717) is 6.07 Å². The van der Waals surface area contributed by atoms with E-state index in [1.165, 1.54) is 7.05 Å². The Morgan fingerprint density at radius 1 is 1.12 bits per heavy atom. The fourth-order valence-electron chi connectivity index (χ4n) is 2.35. The number of nitrogens with zero attached hydrogens (tertiary/aromatic N) is 2. The number of piperazine rings is 1. The van der Waals surface area contributed by atoms with Crippen LogP contribution >= 0.6 is 0 Å². The van der Waals surface area contributed by atoms with Crippen LogP contribution in [-0.2, 0) is 14.8 Å². The Bertz CT molecular complexity index is 764. The Kier molecular flexibility index (Phi) is 6.03. The van der Waals surface area contributed by atoms with Crippen LogP contribution in [0.3, 0.4) is 0 Å². The summed E-state index contributed by atoms with van der Waals surface area (Å²) in [5, 5.41) is 4.37. The third-order valence-electron chi connectivity index (χ3n) is 3.71. The number of urea groups is 1. The molecule has 25 heavy (non-hydrogen) atoms. The minimum Gasteiger partial charge on any atom is -0.341 e. The zero-order chi connectivity index (χ0) is 18.6. The minimum absolute atomic E-state index is 0.0491. The van der Waals surface area contributed by atoms with Crippen LogP contribution < -0.4 is 10.6 Å². The van der Waals surface area contributed by atoms with Gasteiger partial charge < -0.3 is 5.32 Å². The Morgan fingerprint density at radius 3 is 2.32 bits per heavy atom. The van der Waals surface area contributed by atoms with Crippen molar-refractivity contribution in [1.82, 2.24) is 19.8 Å². The molecule has 0 aromatic heterocycles. The van der Waals surface area contributed by atoms with Crippen LogP contribution in [0.15, 0.2) is 23.1 Å². The highest BCUT2D eigenvalue weighted by molar-refractivity contribution is 7.89. The number of rotatable bonds is 4. The van der Waals surface area contributed by atoms with Gasteiger partial charge in [0.2, 0.25) is 15.9 Å². The molecular weight excluding hydrogens is 358 g/mol. The molecule has 11 heteroatoms. The van der Waals surface area contributed by atoms with Crippen molar-refractivity contribution in [2.24, 2.45) is 0 Å². The van der Waals surface area contributed by atoms with Crippen LogP contribution in [0.5, 0.6) is 0 Å². The van der Waals surface area contributed by atoms with Crippen molar-refractivity contribution in [3.05, 3.63) is 29.8 Å². The number of imide groups is 1. The van der Waals surface area contributed by atoms with Gasteiger partial charge in [-0.3, -0.25) is 15.0 Å². The molecule has 1 heterocycles. The molecule has 0 aliphatic carbocycles. The van der Waals surface area contributed by atoms with Gasteiger partial charge in [-0.1, -0.05) is 0 Å². The summed E-state index contributed by atoms with van der Waals surface area (Å²) in [6, 6.07) is 1.80. The van der Waals surface area contributed by atoms with E-state index >= 15 is 0 Å². The smallest absolute Gasteiger partial charge is 0.321 e. The predicted molar refractivity (Wildman–Crippen MR) is 84.2 cm³/mol. The molecule has 138 valence electrons. The third-order valence-corrected chi connectivity index (χ3v) is 5.60. The number of nitrogens with one attached hydrogen (secondary N) is 2. The molecule has 0 radical (unpaired) electrons. The number of amides is 3. The molecule has 0 bridgehead atoms. The van der Waals surface area contributed by atoms with Crippen molar-refractivity contribution < 1.29 is 26.8 Å². The number of hydrogen-bond acceptors (Lipinski definition) is 5. The van der Waals surface area contributed by atoms with Gasteiger partial charge in [0.05, 0.1) is 11.4 Å². The number of benzene rings is 1. The van der Waals surface area contributed by atoms with Gasteiger partial charge in [-0.05, 0) is 18.2 Å².